The molecule has 0 bridgehead atoms. The molecule has 112 valence electrons. The summed E-state index contributed by atoms with van der Waals surface area (Å²) in [7, 11) is 0. The number of benzene rings is 1. The van der Waals surface area contributed by atoms with E-state index in [2.05, 4.69) is 19.2 Å². The Kier molecular flexibility index (Phi) is 7.34. The van der Waals surface area contributed by atoms with E-state index in [9.17, 15) is 10.1 Å². The van der Waals surface area contributed by atoms with Crippen molar-refractivity contribution in [2.45, 2.75) is 26.7 Å². The molecule has 0 aliphatic heterocycles. The lowest BCUT2D eigenvalue weighted by molar-refractivity contribution is -0.112. The molecule has 1 N–H and O–H groups in total. The highest BCUT2D eigenvalue weighted by molar-refractivity contribution is 6.30. The zero-order valence-corrected chi connectivity index (χ0v) is 13.2. The molecule has 0 saturated heterocycles. The van der Waals surface area contributed by atoms with E-state index in [1.807, 2.05) is 11.0 Å². The van der Waals surface area contributed by atoms with Gasteiger partial charge in [-0.1, -0.05) is 25.4 Å². The van der Waals surface area contributed by atoms with Crippen molar-refractivity contribution in [1.29, 1.82) is 5.26 Å². The summed E-state index contributed by atoms with van der Waals surface area (Å²) in [5.41, 5.74) is 0.718. The number of halogens is 1. The average Bonchev–Trinajstić information content (AvgIpc) is 2.47. The van der Waals surface area contributed by atoms with Crippen LogP contribution in [-0.4, -0.2) is 23.9 Å². The molecule has 5 heteroatoms. The standard InChI is InChI=1S/C16H20ClN3O/c1-3-9-20(10-4-2)12-13(11-18)16(21)19-15-7-5-14(17)6-8-15/h5-8,12H,3-4,9-10H2,1-2H3,(H,19,21)/b13-12-. The lowest BCUT2D eigenvalue weighted by atomic mass is 10.2. The van der Waals surface area contributed by atoms with Crippen LogP contribution in [0.4, 0.5) is 5.69 Å². The van der Waals surface area contributed by atoms with E-state index in [-0.39, 0.29) is 5.57 Å². The fraction of sp³-hybridized carbons (Fsp3) is 0.375. The molecule has 0 fully saturated rings. The highest BCUT2D eigenvalue weighted by atomic mass is 35.5. The van der Waals surface area contributed by atoms with Gasteiger partial charge < -0.3 is 10.2 Å². The van der Waals surface area contributed by atoms with Crippen LogP contribution < -0.4 is 5.32 Å². The summed E-state index contributed by atoms with van der Waals surface area (Å²) in [4.78, 5) is 14.1. The molecule has 0 saturated carbocycles. The summed E-state index contributed by atoms with van der Waals surface area (Å²) in [5, 5.41) is 12.5. The quantitative estimate of drug-likeness (QED) is 0.615. The van der Waals surface area contributed by atoms with Gasteiger partial charge in [-0.25, -0.2) is 0 Å². The molecule has 0 unspecified atom stereocenters. The van der Waals surface area contributed by atoms with E-state index in [4.69, 9.17) is 11.6 Å². The Labute approximate surface area is 131 Å². The highest BCUT2D eigenvalue weighted by Gasteiger charge is 2.11. The molecule has 1 aromatic rings. The first-order valence-electron chi connectivity index (χ1n) is 7.03. The van der Waals surface area contributed by atoms with Crippen LogP contribution in [0.25, 0.3) is 0 Å². The maximum absolute atomic E-state index is 12.1. The van der Waals surface area contributed by atoms with Crippen LogP contribution in [0.5, 0.6) is 0 Å². The van der Waals surface area contributed by atoms with Crippen molar-refractivity contribution in [3.8, 4) is 6.07 Å². The van der Waals surface area contributed by atoms with E-state index < -0.39 is 5.91 Å². The third-order valence-corrected chi connectivity index (χ3v) is 3.05. The van der Waals surface area contributed by atoms with Gasteiger partial charge in [-0.05, 0) is 37.1 Å². The fourth-order valence-electron chi connectivity index (χ4n) is 1.87. The number of hydrogen-bond donors (Lipinski definition) is 1. The number of carbonyl (C=O) groups is 1. The second-order valence-corrected chi connectivity index (χ2v) is 5.09. The number of amides is 1. The van der Waals surface area contributed by atoms with E-state index >= 15 is 0 Å². The summed E-state index contributed by atoms with van der Waals surface area (Å²) in [6.45, 7) is 5.78. The van der Waals surface area contributed by atoms with Crippen molar-refractivity contribution in [1.82, 2.24) is 4.90 Å². The normalized spacial score (nSPS) is 10.9. The van der Waals surface area contributed by atoms with Gasteiger partial charge >= 0.3 is 0 Å². The summed E-state index contributed by atoms with van der Waals surface area (Å²) in [6.07, 6.45) is 3.57. The zero-order chi connectivity index (χ0) is 15.7. The Bertz CT molecular complexity index is 525. The minimum absolute atomic E-state index is 0.104. The molecule has 1 aromatic carbocycles. The molecular weight excluding hydrogens is 286 g/mol. The summed E-state index contributed by atoms with van der Waals surface area (Å²) in [6, 6.07) is 8.74. The molecule has 0 aromatic heterocycles. The lowest BCUT2D eigenvalue weighted by Crippen LogP contribution is -2.22. The lowest BCUT2D eigenvalue weighted by Gasteiger charge is -2.19. The van der Waals surface area contributed by atoms with Crippen LogP contribution in [0, 0.1) is 11.3 Å². The molecule has 1 rings (SSSR count). The topological polar surface area (TPSA) is 56.1 Å². The molecule has 1 amide bonds. The molecule has 0 aliphatic rings. The van der Waals surface area contributed by atoms with Crippen molar-refractivity contribution in [3.63, 3.8) is 0 Å². The number of rotatable bonds is 7. The molecular formula is C16H20ClN3O. The monoisotopic (exact) mass is 305 g/mol. The van der Waals surface area contributed by atoms with Gasteiger partial charge in [0.1, 0.15) is 11.6 Å². The van der Waals surface area contributed by atoms with E-state index in [1.54, 1.807) is 30.5 Å². The Morgan fingerprint density at radius 2 is 1.86 bits per heavy atom. The minimum atomic E-state index is -0.406. The van der Waals surface area contributed by atoms with Gasteiger partial charge in [-0.15, -0.1) is 0 Å². The fourth-order valence-corrected chi connectivity index (χ4v) is 1.99. The first-order chi connectivity index (χ1) is 10.1. The van der Waals surface area contributed by atoms with Crippen molar-refractivity contribution in [3.05, 3.63) is 41.1 Å². The minimum Gasteiger partial charge on any atom is -0.376 e. The van der Waals surface area contributed by atoms with Gasteiger partial charge in [0.05, 0.1) is 0 Å². The number of carbonyl (C=O) groups excluding carboxylic acids is 1. The third-order valence-electron chi connectivity index (χ3n) is 2.80. The molecule has 21 heavy (non-hydrogen) atoms. The molecule has 0 spiro atoms. The number of nitrogens with zero attached hydrogens (tertiary/aromatic N) is 2. The molecule has 0 radical (unpaired) electrons. The maximum atomic E-state index is 12.1. The van der Waals surface area contributed by atoms with Gasteiger partial charge in [0.15, 0.2) is 0 Å². The van der Waals surface area contributed by atoms with Crippen molar-refractivity contribution in [2.75, 3.05) is 18.4 Å². The Hall–Kier alpha value is -1.99. The average molecular weight is 306 g/mol. The van der Waals surface area contributed by atoms with Gasteiger partial charge in [0, 0.05) is 30.0 Å². The predicted molar refractivity (Wildman–Crippen MR) is 85.9 cm³/mol. The SMILES string of the molecule is CCCN(/C=C(/C#N)C(=O)Nc1ccc(Cl)cc1)CCC. The van der Waals surface area contributed by atoms with Gasteiger partial charge in [-0.2, -0.15) is 5.26 Å². The van der Waals surface area contributed by atoms with E-state index in [0.29, 0.717) is 10.7 Å². The Balaban J connectivity index is 2.80. The van der Waals surface area contributed by atoms with Gasteiger partial charge in [-0.3, -0.25) is 4.79 Å². The maximum Gasteiger partial charge on any atom is 0.267 e. The largest absolute Gasteiger partial charge is 0.376 e. The predicted octanol–water partition coefficient (Wildman–Crippen LogP) is 3.81. The molecule has 0 aliphatic carbocycles. The number of hydrogen-bond acceptors (Lipinski definition) is 3. The number of anilines is 1. The number of nitriles is 1. The van der Waals surface area contributed by atoms with Gasteiger partial charge in [0.25, 0.3) is 5.91 Å². The molecule has 0 heterocycles. The number of nitrogens with one attached hydrogen (secondary N) is 1. The highest BCUT2D eigenvalue weighted by Crippen LogP contribution is 2.14. The van der Waals surface area contributed by atoms with E-state index in [1.165, 1.54) is 0 Å². The second-order valence-electron chi connectivity index (χ2n) is 4.65. The third kappa shape index (κ3) is 5.88. The Morgan fingerprint density at radius 3 is 2.33 bits per heavy atom. The second kappa shape index (κ2) is 9.04. The van der Waals surface area contributed by atoms with Crippen molar-refractivity contribution in [2.24, 2.45) is 0 Å². The first kappa shape index (κ1) is 17.1. The molecule has 0 atom stereocenters. The molecule has 4 nitrogen and oxygen atoms in total. The summed E-state index contributed by atoms with van der Waals surface area (Å²) >= 11 is 5.79. The van der Waals surface area contributed by atoms with Crippen LogP contribution >= 0.6 is 11.6 Å². The zero-order valence-electron chi connectivity index (χ0n) is 12.4. The van der Waals surface area contributed by atoms with Crippen LogP contribution in [0.1, 0.15) is 26.7 Å². The first-order valence-corrected chi connectivity index (χ1v) is 7.41. The summed E-state index contributed by atoms with van der Waals surface area (Å²) < 4.78 is 0. The van der Waals surface area contributed by atoms with Crippen LogP contribution in [0.3, 0.4) is 0 Å². The van der Waals surface area contributed by atoms with Crippen LogP contribution in [0.2, 0.25) is 5.02 Å². The van der Waals surface area contributed by atoms with E-state index in [0.717, 1.165) is 25.9 Å². The smallest absolute Gasteiger partial charge is 0.267 e. The Morgan fingerprint density at radius 1 is 1.29 bits per heavy atom. The van der Waals surface area contributed by atoms with Crippen molar-refractivity contribution < 1.29 is 4.79 Å². The summed E-state index contributed by atoms with van der Waals surface area (Å²) in [5.74, 6) is -0.406. The van der Waals surface area contributed by atoms with Crippen molar-refractivity contribution >= 4 is 23.2 Å². The van der Waals surface area contributed by atoms with Gasteiger partial charge in [0.2, 0.25) is 0 Å². The van der Waals surface area contributed by atoms with Crippen LogP contribution in [0.15, 0.2) is 36.0 Å². The van der Waals surface area contributed by atoms with Crippen LogP contribution in [-0.2, 0) is 4.79 Å².